The van der Waals surface area contributed by atoms with Crippen molar-refractivity contribution in [3.8, 4) is 0 Å². The standard InChI is InChI=1S/C14H26N2O2/c1-6-11-8-12(16(7-2)15-11)9-13(17)10-18-14(3,4)5/h8,13,17H,6-7,9-10H2,1-5H3. The lowest BCUT2D eigenvalue weighted by molar-refractivity contribution is -0.0486. The number of hydrogen-bond acceptors (Lipinski definition) is 3. The third-order valence-corrected chi connectivity index (χ3v) is 2.73. The van der Waals surface area contributed by atoms with Gasteiger partial charge in [0.2, 0.25) is 0 Å². The number of ether oxygens (including phenoxy) is 1. The van der Waals surface area contributed by atoms with E-state index in [0.29, 0.717) is 13.0 Å². The zero-order chi connectivity index (χ0) is 13.8. The van der Waals surface area contributed by atoms with Gasteiger partial charge in [0.1, 0.15) is 0 Å². The summed E-state index contributed by atoms with van der Waals surface area (Å²) in [6, 6.07) is 2.07. The molecule has 18 heavy (non-hydrogen) atoms. The van der Waals surface area contributed by atoms with Gasteiger partial charge in [0.25, 0.3) is 0 Å². The Kier molecular flexibility index (Phi) is 5.35. The fourth-order valence-corrected chi connectivity index (χ4v) is 1.77. The number of aromatic nitrogens is 2. The van der Waals surface area contributed by atoms with Crippen LogP contribution < -0.4 is 0 Å². The largest absolute Gasteiger partial charge is 0.390 e. The zero-order valence-electron chi connectivity index (χ0n) is 12.2. The van der Waals surface area contributed by atoms with Crippen molar-refractivity contribution < 1.29 is 9.84 Å². The van der Waals surface area contributed by atoms with Gasteiger partial charge in [-0.15, -0.1) is 0 Å². The van der Waals surface area contributed by atoms with Crippen LogP contribution in [0.15, 0.2) is 6.07 Å². The van der Waals surface area contributed by atoms with Crippen molar-refractivity contribution in [3.05, 3.63) is 17.5 Å². The Hall–Kier alpha value is -0.870. The molecule has 104 valence electrons. The summed E-state index contributed by atoms with van der Waals surface area (Å²) in [5.41, 5.74) is 1.95. The van der Waals surface area contributed by atoms with Gasteiger partial charge in [0.05, 0.1) is 24.0 Å². The molecule has 1 rings (SSSR count). The molecule has 0 aromatic carbocycles. The van der Waals surface area contributed by atoms with Gasteiger partial charge < -0.3 is 9.84 Å². The molecule has 1 heterocycles. The number of aliphatic hydroxyl groups is 1. The smallest absolute Gasteiger partial charge is 0.0829 e. The van der Waals surface area contributed by atoms with Crippen molar-refractivity contribution in [2.24, 2.45) is 0 Å². The average molecular weight is 254 g/mol. The fourth-order valence-electron chi connectivity index (χ4n) is 1.77. The van der Waals surface area contributed by atoms with Crippen LogP contribution >= 0.6 is 0 Å². The first kappa shape index (κ1) is 15.2. The molecule has 0 bridgehead atoms. The van der Waals surface area contributed by atoms with Crippen molar-refractivity contribution in [1.29, 1.82) is 0 Å². The van der Waals surface area contributed by atoms with Gasteiger partial charge in [-0.3, -0.25) is 4.68 Å². The monoisotopic (exact) mass is 254 g/mol. The third kappa shape index (κ3) is 4.78. The van der Waals surface area contributed by atoms with Crippen LogP contribution in [0, 0.1) is 0 Å². The first-order valence-electron chi connectivity index (χ1n) is 6.73. The summed E-state index contributed by atoms with van der Waals surface area (Å²) < 4.78 is 7.55. The Labute approximate surface area is 110 Å². The minimum atomic E-state index is -0.476. The first-order valence-corrected chi connectivity index (χ1v) is 6.73. The first-order chi connectivity index (χ1) is 8.35. The van der Waals surface area contributed by atoms with E-state index < -0.39 is 6.10 Å². The molecule has 0 aliphatic carbocycles. The maximum atomic E-state index is 10.0. The van der Waals surface area contributed by atoms with Crippen LogP contribution in [-0.4, -0.2) is 33.2 Å². The zero-order valence-corrected chi connectivity index (χ0v) is 12.2. The molecule has 0 aliphatic heterocycles. The summed E-state index contributed by atoms with van der Waals surface area (Å²) in [6.45, 7) is 11.3. The topological polar surface area (TPSA) is 47.3 Å². The highest BCUT2D eigenvalue weighted by molar-refractivity contribution is 5.11. The normalized spacial score (nSPS) is 13.9. The molecular weight excluding hydrogens is 228 g/mol. The van der Waals surface area contributed by atoms with Crippen LogP contribution in [0.2, 0.25) is 0 Å². The predicted molar refractivity (Wildman–Crippen MR) is 72.7 cm³/mol. The number of hydrogen-bond donors (Lipinski definition) is 1. The van der Waals surface area contributed by atoms with E-state index in [4.69, 9.17) is 4.74 Å². The fraction of sp³-hybridized carbons (Fsp3) is 0.786. The van der Waals surface area contributed by atoms with Gasteiger partial charge in [-0.2, -0.15) is 5.10 Å². The van der Waals surface area contributed by atoms with E-state index in [9.17, 15) is 5.11 Å². The molecule has 1 aromatic rings. The van der Waals surface area contributed by atoms with Crippen molar-refractivity contribution in [3.63, 3.8) is 0 Å². The Morgan fingerprint density at radius 2 is 2.06 bits per heavy atom. The summed E-state index contributed by atoms with van der Waals surface area (Å²) in [6.07, 6.45) is 1.04. The van der Waals surface area contributed by atoms with E-state index >= 15 is 0 Å². The lowest BCUT2D eigenvalue weighted by Crippen LogP contribution is -2.28. The summed E-state index contributed by atoms with van der Waals surface area (Å²) in [7, 11) is 0. The van der Waals surface area contributed by atoms with E-state index in [2.05, 4.69) is 25.0 Å². The highest BCUT2D eigenvalue weighted by Gasteiger charge is 2.16. The van der Waals surface area contributed by atoms with Crippen LogP contribution in [0.4, 0.5) is 0 Å². The van der Waals surface area contributed by atoms with Crippen LogP contribution in [0.1, 0.15) is 46.0 Å². The average Bonchev–Trinajstić information content (AvgIpc) is 2.68. The predicted octanol–water partition coefficient (Wildman–Crippen LogP) is 2.18. The molecule has 1 N–H and O–H groups in total. The molecule has 4 nitrogen and oxygen atoms in total. The quantitative estimate of drug-likeness (QED) is 0.846. The molecule has 0 amide bonds. The lowest BCUT2D eigenvalue weighted by atomic mass is 10.1. The van der Waals surface area contributed by atoms with E-state index in [-0.39, 0.29) is 5.60 Å². The molecule has 1 unspecified atom stereocenters. The Morgan fingerprint density at radius 3 is 2.56 bits per heavy atom. The van der Waals surface area contributed by atoms with Crippen LogP contribution in [-0.2, 0) is 24.1 Å². The van der Waals surface area contributed by atoms with E-state index in [1.807, 2.05) is 25.5 Å². The van der Waals surface area contributed by atoms with Crippen LogP contribution in [0.25, 0.3) is 0 Å². The highest BCUT2D eigenvalue weighted by Crippen LogP contribution is 2.11. The third-order valence-electron chi connectivity index (χ3n) is 2.73. The van der Waals surface area contributed by atoms with Gasteiger partial charge in [0.15, 0.2) is 0 Å². The molecule has 0 fully saturated rings. The highest BCUT2D eigenvalue weighted by atomic mass is 16.5. The molecular formula is C14H26N2O2. The van der Waals surface area contributed by atoms with Gasteiger partial charge in [-0.1, -0.05) is 6.92 Å². The molecule has 0 saturated carbocycles. The van der Waals surface area contributed by atoms with Gasteiger partial charge in [-0.25, -0.2) is 0 Å². The minimum absolute atomic E-state index is 0.208. The van der Waals surface area contributed by atoms with Crippen molar-refractivity contribution in [1.82, 2.24) is 9.78 Å². The van der Waals surface area contributed by atoms with Crippen LogP contribution in [0.3, 0.4) is 0 Å². The van der Waals surface area contributed by atoms with Crippen LogP contribution in [0.5, 0.6) is 0 Å². The molecule has 0 radical (unpaired) electrons. The van der Waals surface area contributed by atoms with Gasteiger partial charge >= 0.3 is 0 Å². The number of rotatable bonds is 6. The van der Waals surface area contributed by atoms with Gasteiger partial charge in [0, 0.05) is 18.7 Å². The Morgan fingerprint density at radius 1 is 1.39 bits per heavy atom. The summed E-state index contributed by atoms with van der Waals surface area (Å²) in [5, 5.41) is 14.5. The second kappa shape index (κ2) is 6.34. The molecule has 0 aliphatic rings. The van der Waals surface area contributed by atoms with Crippen molar-refractivity contribution in [2.75, 3.05) is 6.61 Å². The summed E-state index contributed by atoms with van der Waals surface area (Å²) >= 11 is 0. The molecule has 0 saturated heterocycles. The summed E-state index contributed by atoms with van der Waals surface area (Å²) in [5.74, 6) is 0. The van der Waals surface area contributed by atoms with Crippen molar-refractivity contribution in [2.45, 2.75) is 65.7 Å². The van der Waals surface area contributed by atoms with E-state index in [0.717, 1.165) is 24.4 Å². The number of nitrogens with zero attached hydrogens (tertiary/aromatic N) is 2. The number of aryl methyl sites for hydroxylation is 2. The van der Waals surface area contributed by atoms with Gasteiger partial charge in [-0.05, 0) is 40.2 Å². The van der Waals surface area contributed by atoms with E-state index in [1.54, 1.807) is 0 Å². The van der Waals surface area contributed by atoms with Crippen molar-refractivity contribution >= 4 is 0 Å². The number of aliphatic hydroxyl groups excluding tert-OH is 1. The maximum absolute atomic E-state index is 10.0. The molecule has 4 heteroatoms. The lowest BCUT2D eigenvalue weighted by Gasteiger charge is -2.22. The second-order valence-corrected chi connectivity index (χ2v) is 5.58. The Balaban J connectivity index is 2.58. The second-order valence-electron chi connectivity index (χ2n) is 5.58. The van der Waals surface area contributed by atoms with E-state index in [1.165, 1.54) is 0 Å². The molecule has 1 aromatic heterocycles. The molecule has 0 spiro atoms. The minimum Gasteiger partial charge on any atom is -0.390 e. The molecule has 1 atom stereocenters. The SMILES string of the molecule is CCc1cc(CC(O)COC(C)(C)C)n(CC)n1. The maximum Gasteiger partial charge on any atom is 0.0829 e. The Bertz CT molecular complexity index is 366. The summed E-state index contributed by atoms with van der Waals surface area (Å²) in [4.78, 5) is 0.